The molecular formula is C11H9BrN2O5S. The van der Waals surface area contributed by atoms with Crippen molar-refractivity contribution in [2.45, 2.75) is 11.4 Å². The van der Waals surface area contributed by atoms with Crippen LogP contribution in [0.5, 0.6) is 0 Å². The molecule has 2 aromatic rings. The van der Waals surface area contributed by atoms with Crippen LogP contribution in [0.1, 0.15) is 16.1 Å². The number of carbonyl (C=O) groups is 1. The van der Waals surface area contributed by atoms with Gasteiger partial charge in [0.05, 0.1) is 23.2 Å². The number of sulfonamides is 1. The molecule has 0 unspecified atom stereocenters. The number of aromatic carboxylic acids is 1. The quantitative estimate of drug-likeness (QED) is 0.838. The number of rotatable bonds is 5. The molecule has 1 aromatic heterocycles. The maximum absolute atomic E-state index is 12.1. The Morgan fingerprint density at radius 3 is 2.70 bits per heavy atom. The Balaban J connectivity index is 2.23. The minimum atomic E-state index is -3.79. The predicted octanol–water partition coefficient (Wildman–Crippen LogP) is 1.61. The molecule has 0 atom stereocenters. The second-order valence-electron chi connectivity index (χ2n) is 3.75. The molecule has 0 amide bonds. The molecule has 0 aliphatic rings. The summed E-state index contributed by atoms with van der Waals surface area (Å²) in [4.78, 5) is 10.7. The van der Waals surface area contributed by atoms with Crippen molar-refractivity contribution in [2.24, 2.45) is 0 Å². The van der Waals surface area contributed by atoms with Crippen LogP contribution in [0.3, 0.4) is 0 Å². The molecule has 0 bridgehead atoms. The van der Waals surface area contributed by atoms with Gasteiger partial charge in [-0.3, -0.25) is 0 Å². The van der Waals surface area contributed by atoms with E-state index < -0.39 is 16.0 Å². The second-order valence-corrected chi connectivity index (χ2v) is 6.34. The lowest BCUT2D eigenvalue weighted by molar-refractivity contribution is 0.0696. The van der Waals surface area contributed by atoms with Gasteiger partial charge < -0.3 is 9.63 Å². The van der Waals surface area contributed by atoms with E-state index in [1.807, 2.05) is 0 Å². The zero-order chi connectivity index (χ0) is 14.8. The van der Waals surface area contributed by atoms with Crippen molar-refractivity contribution < 1.29 is 22.8 Å². The molecule has 0 aliphatic carbocycles. The average molecular weight is 361 g/mol. The maximum atomic E-state index is 12.1. The van der Waals surface area contributed by atoms with Crippen LogP contribution in [0.15, 0.2) is 44.4 Å². The molecule has 106 valence electrons. The van der Waals surface area contributed by atoms with E-state index >= 15 is 0 Å². The molecule has 0 saturated carbocycles. The first kappa shape index (κ1) is 14.7. The van der Waals surface area contributed by atoms with Crippen molar-refractivity contribution in [2.75, 3.05) is 0 Å². The monoisotopic (exact) mass is 360 g/mol. The topological polar surface area (TPSA) is 110 Å². The molecule has 20 heavy (non-hydrogen) atoms. The highest BCUT2D eigenvalue weighted by atomic mass is 79.9. The van der Waals surface area contributed by atoms with Gasteiger partial charge in [0.2, 0.25) is 10.0 Å². The first-order chi connectivity index (χ1) is 9.40. The van der Waals surface area contributed by atoms with Crippen molar-refractivity contribution in [1.29, 1.82) is 0 Å². The molecule has 0 spiro atoms. The van der Waals surface area contributed by atoms with Gasteiger partial charge in [-0.2, -0.15) is 0 Å². The number of carboxylic acids is 1. The smallest absolute Gasteiger partial charge is 0.335 e. The van der Waals surface area contributed by atoms with Gasteiger partial charge in [-0.25, -0.2) is 17.9 Å². The summed E-state index contributed by atoms with van der Waals surface area (Å²) >= 11 is 3.05. The van der Waals surface area contributed by atoms with E-state index in [2.05, 4.69) is 25.8 Å². The normalized spacial score (nSPS) is 11.4. The van der Waals surface area contributed by atoms with E-state index in [1.54, 1.807) is 0 Å². The fourth-order valence-electron chi connectivity index (χ4n) is 1.43. The Hall–Kier alpha value is -1.71. The summed E-state index contributed by atoms with van der Waals surface area (Å²) in [5, 5.41) is 12.3. The van der Waals surface area contributed by atoms with Crippen LogP contribution in [-0.4, -0.2) is 24.7 Å². The highest BCUT2D eigenvalue weighted by Gasteiger charge is 2.19. The summed E-state index contributed by atoms with van der Waals surface area (Å²) in [6.45, 7) is -0.0462. The Morgan fingerprint density at radius 2 is 2.15 bits per heavy atom. The van der Waals surface area contributed by atoms with Crippen LogP contribution in [-0.2, 0) is 16.6 Å². The number of carboxylic acid groups (broad SMARTS) is 1. The Labute approximate surface area is 122 Å². The number of hydrogen-bond donors (Lipinski definition) is 2. The molecule has 2 rings (SSSR count). The summed E-state index contributed by atoms with van der Waals surface area (Å²) in [6, 6.07) is 5.20. The first-order valence-electron chi connectivity index (χ1n) is 5.32. The summed E-state index contributed by atoms with van der Waals surface area (Å²) < 4.78 is 31.4. The lowest BCUT2D eigenvalue weighted by Crippen LogP contribution is -2.23. The zero-order valence-electron chi connectivity index (χ0n) is 9.91. The number of nitrogens with one attached hydrogen (secondary N) is 1. The molecule has 0 aliphatic heterocycles. The van der Waals surface area contributed by atoms with Gasteiger partial charge in [0, 0.05) is 10.5 Å². The number of hydrogen-bond acceptors (Lipinski definition) is 5. The molecule has 0 saturated heterocycles. The average Bonchev–Trinajstić information content (AvgIpc) is 2.89. The van der Waals surface area contributed by atoms with Gasteiger partial charge in [0.25, 0.3) is 0 Å². The third kappa shape index (κ3) is 3.24. The van der Waals surface area contributed by atoms with Gasteiger partial charge in [0.15, 0.2) is 5.76 Å². The van der Waals surface area contributed by atoms with Gasteiger partial charge >= 0.3 is 5.97 Å². The van der Waals surface area contributed by atoms with E-state index in [4.69, 9.17) is 9.63 Å². The Morgan fingerprint density at radius 1 is 1.40 bits per heavy atom. The standard InChI is InChI=1S/C11H9BrN2O5S/c12-9-5-7(11(15)16)1-2-10(9)20(17,18)14-6-8-3-4-13-19-8/h1-5,14H,6H2,(H,15,16). The molecule has 1 aromatic carbocycles. The largest absolute Gasteiger partial charge is 0.478 e. The third-order valence-electron chi connectivity index (χ3n) is 2.40. The molecule has 2 N–H and O–H groups in total. The van der Waals surface area contributed by atoms with E-state index in [0.717, 1.165) is 0 Å². The number of halogens is 1. The minimum absolute atomic E-state index is 0.00828. The van der Waals surface area contributed by atoms with Crippen LogP contribution in [0.4, 0.5) is 0 Å². The van der Waals surface area contributed by atoms with E-state index in [0.29, 0.717) is 5.76 Å². The van der Waals surface area contributed by atoms with Crippen LogP contribution in [0, 0.1) is 0 Å². The highest BCUT2D eigenvalue weighted by molar-refractivity contribution is 9.10. The van der Waals surface area contributed by atoms with Crippen LogP contribution >= 0.6 is 15.9 Å². The Bertz CT molecular complexity index is 727. The molecular weight excluding hydrogens is 352 g/mol. The van der Waals surface area contributed by atoms with Crippen molar-refractivity contribution in [1.82, 2.24) is 9.88 Å². The first-order valence-corrected chi connectivity index (χ1v) is 7.60. The van der Waals surface area contributed by atoms with Gasteiger partial charge in [-0.1, -0.05) is 5.16 Å². The lowest BCUT2D eigenvalue weighted by atomic mass is 10.2. The highest BCUT2D eigenvalue weighted by Crippen LogP contribution is 2.23. The van der Waals surface area contributed by atoms with Crippen LogP contribution < -0.4 is 4.72 Å². The van der Waals surface area contributed by atoms with Crippen molar-refractivity contribution in [3.8, 4) is 0 Å². The fourth-order valence-corrected chi connectivity index (χ4v) is 3.50. The van der Waals surface area contributed by atoms with E-state index in [-0.39, 0.29) is 21.5 Å². The molecule has 9 heteroatoms. The summed E-state index contributed by atoms with van der Waals surface area (Å²) in [6.07, 6.45) is 1.40. The third-order valence-corrected chi connectivity index (χ3v) is 4.77. The van der Waals surface area contributed by atoms with E-state index in [1.165, 1.54) is 30.5 Å². The molecule has 7 nitrogen and oxygen atoms in total. The summed E-state index contributed by atoms with van der Waals surface area (Å²) in [7, 11) is -3.79. The minimum Gasteiger partial charge on any atom is -0.478 e. The fraction of sp³-hybridized carbons (Fsp3) is 0.0909. The van der Waals surface area contributed by atoms with Crippen LogP contribution in [0.25, 0.3) is 0 Å². The molecule has 0 radical (unpaired) electrons. The number of benzene rings is 1. The predicted molar refractivity (Wildman–Crippen MR) is 71.6 cm³/mol. The molecule has 1 heterocycles. The molecule has 0 fully saturated rings. The number of aromatic nitrogens is 1. The maximum Gasteiger partial charge on any atom is 0.335 e. The van der Waals surface area contributed by atoms with Crippen LogP contribution in [0.2, 0.25) is 0 Å². The second kappa shape index (κ2) is 5.73. The van der Waals surface area contributed by atoms with Crippen molar-refractivity contribution in [3.63, 3.8) is 0 Å². The summed E-state index contributed by atoms with van der Waals surface area (Å²) in [5.41, 5.74) is -0.00828. The van der Waals surface area contributed by atoms with Crippen molar-refractivity contribution >= 4 is 31.9 Å². The van der Waals surface area contributed by atoms with Gasteiger partial charge in [-0.05, 0) is 34.1 Å². The summed E-state index contributed by atoms with van der Waals surface area (Å²) in [5.74, 6) is -0.767. The lowest BCUT2D eigenvalue weighted by Gasteiger charge is -2.07. The van der Waals surface area contributed by atoms with E-state index in [9.17, 15) is 13.2 Å². The van der Waals surface area contributed by atoms with Gasteiger partial charge in [0.1, 0.15) is 0 Å². The van der Waals surface area contributed by atoms with Crippen molar-refractivity contribution in [3.05, 3.63) is 46.3 Å². The number of nitrogens with zero attached hydrogens (tertiary/aromatic N) is 1. The Kier molecular flexibility index (Phi) is 4.21. The van der Waals surface area contributed by atoms with Gasteiger partial charge in [-0.15, -0.1) is 0 Å². The zero-order valence-corrected chi connectivity index (χ0v) is 12.3. The SMILES string of the molecule is O=C(O)c1ccc(S(=O)(=O)NCc2ccno2)c(Br)c1.